The minimum Gasteiger partial charge on any atom is -0.508 e. The topological polar surface area (TPSA) is 70.1 Å². The molecule has 0 aromatic heterocycles. The number of amides is 2. The van der Waals surface area contributed by atoms with Crippen molar-refractivity contribution in [2.75, 3.05) is 25.6 Å². The smallest absolute Gasteiger partial charge is 0.228 e. The van der Waals surface area contributed by atoms with E-state index < -0.39 is 5.92 Å². The Morgan fingerprint density at radius 3 is 2.78 bits per heavy atom. The molecule has 1 heterocycles. The van der Waals surface area contributed by atoms with Gasteiger partial charge >= 0.3 is 0 Å². The van der Waals surface area contributed by atoms with Crippen LogP contribution in [0.3, 0.4) is 0 Å². The Bertz CT molecular complexity index is 871. The fourth-order valence-corrected chi connectivity index (χ4v) is 3.44. The lowest BCUT2D eigenvalue weighted by atomic mass is 10.1. The zero-order valence-electron chi connectivity index (χ0n) is 15.2. The third kappa shape index (κ3) is 4.01. The number of anilines is 1. The standard InChI is InChI=1S/C20H21ClN2O4/c1-22(11-13-5-3-4-6-17(13)24)20(26)14-9-19(25)23(12-14)16-10-15(21)7-8-18(16)27-2/h3-8,10,14,24H,9,11-12H2,1-2H3. The van der Waals surface area contributed by atoms with Gasteiger partial charge in [-0.3, -0.25) is 9.59 Å². The van der Waals surface area contributed by atoms with E-state index in [0.29, 0.717) is 22.0 Å². The number of hydrogen-bond acceptors (Lipinski definition) is 4. The van der Waals surface area contributed by atoms with E-state index >= 15 is 0 Å². The molecule has 2 amide bonds. The molecule has 3 rings (SSSR count). The van der Waals surface area contributed by atoms with E-state index in [1.165, 1.54) is 12.0 Å². The second kappa shape index (κ2) is 7.88. The molecule has 1 aliphatic heterocycles. The molecule has 1 aliphatic rings. The van der Waals surface area contributed by atoms with Crippen LogP contribution in [0.5, 0.6) is 11.5 Å². The molecule has 1 unspecified atom stereocenters. The molecule has 7 heteroatoms. The first-order valence-corrected chi connectivity index (χ1v) is 8.94. The summed E-state index contributed by atoms with van der Waals surface area (Å²) < 4.78 is 5.32. The zero-order valence-corrected chi connectivity index (χ0v) is 15.9. The second-order valence-electron chi connectivity index (χ2n) is 6.54. The number of aromatic hydroxyl groups is 1. The van der Waals surface area contributed by atoms with Crippen molar-refractivity contribution >= 4 is 29.1 Å². The van der Waals surface area contributed by atoms with E-state index in [4.69, 9.17) is 16.3 Å². The van der Waals surface area contributed by atoms with Crippen molar-refractivity contribution in [2.45, 2.75) is 13.0 Å². The van der Waals surface area contributed by atoms with Gasteiger partial charge < -0.3 is 19.6 Å². The van der Waals surface area contributed by atoms with Gasteiger partial charge in [-0.1, -0.05) is 29.8 Å². The molecule has 0 radical (unpaired) electrons. The molecule has 27 heavy (non-hydrogen) atoms. The molecule has 0 saturated carbocycles. The monoisotopic (exact) mass is 388 g/mol. The van der Waals surface area contributed by atoms with Crippen molar-refractivity contribution < 1.29 is 19.4 Å². The van der Waals surface area contributed by atoms with E-state index in [1.807, 2.05) is 0 Å². The molecule has 0 bridgehead atoms. The molecule has 0 spiro atoms. The number of rotatable bonds is 5. The Kier molecular flexibility index (Phi) is 5.56. The van der Waals surface area contributed by atoms with Crippen molar-refractivity contribution in [3.05, 3.63) is 53.1 Å². The normalized spacial score (nSPS) is 16.5. The summed E-state index contributed by atoms with van der Waals surface area (Å²) >= 11 is 6.06. The van der Waals surface area contributed by atoms with E-state index in [0.717, 1.165) is 0 Å². The SMILES string of the molecule is COc1ccc(Cl)cc1N1CC(C(=O)N(C)Cc2ccccc2O)CC1=O. The van der Waals surface area contributed by atoms with Gasteiger partial charge in [0.1, 0.15) is 11.5 Å². The van der Waals surface area contributed by atoms with Gasteiger partial charge in [0.15, 0.2) is 0 Å². The third-order valence-electron chi connectivity index (χ3n) is 4.68. The lowest BCUT2D eigenvalue weighted by molar-refractivity contribution is -0.135. The summed E-state index contributed by atoms with van der Waals surface area (Å²) in [5.74, 6) is -0.0784. The van der Waals surface area contributed by atoms with Crippen LogP contribution in [0.4, 0.5) is 5.69 Å². The van der Waals surface area contributed by atoms with Crippen LogP contribution in [0.1, 0.15) is 12.0 Å². The Morgan fingerprint density at radius 2 is 2.07 bits per heavy atom. The molecule has 1 N–H and O–H groups in total. The number of phenolic OH excluding ortho intramolecular Hbond substituents is 1. The summed E-state index contributed by atoms with van der Waals surface area (Å²) in [5.41, 5.74) is 1.22. The predicted molar refractivity (Wildman–Crippen MR) is 103 cm³/mol. The number of carbonyl (C=O) groups excluding carboxylic acids is 2. The average molecular weight is 389 g/mol. The molecule has 6 nitrogen and oxygen atoms in total. The van der Waals surface area contributed by atoms with Gasteiger partial charge in [0.2, 0.25) is 11.8 Å². The van der Waals surface area contributed by atoms with Crippen LogP contribution in [-0.4, -0.2) is 42.5 Å². The number of para-hydroxylation sites is 1. The van der Waals surface area contributed by atoms with Crippen LogP contribution in [0.2, 0.25) is 5.02 Å². The fourth-order valence-electron chi connectivity index (χ4n) is 3.27. The minimum atomic E-state index is -0.461. The van der Waals surface area contributed by atoms with E-state index in [-0.39, 0.29) is 37.1 Å². The number of ether oxygens (including phenoxy) is 1. The summed E-state index contributed by atoms with van der Waals surface area (Å²) in [6, 6.07) is 11.9. The van der Waals surface area contributed by atoms with E-state index in [2.05, 4.69) is 0 Å². The zero-order chi connectivity index (χ0) is 19.6. The largest absolute Gasteiger partial charge is 0.508 e. The Hall–Kier alpha value is -2.73. The van der Waals surface area contributed by atoms with Crippen molar-refractivity contribution in [2.24, 2.45) is 5.92 Å². The van der Waals surface area contributed by atoms with Crippen molar-refractivity contribution in [3.63, 3.8) is 0 Å². The quantitative estimate of drug-likeness (QED) is 0.854. The summed E-state index contributed by atoms with van der Waals surface area (Å²) in [4.78, 5) is 28.4. The first-order valence-electron chi connectivity index (χ1n) is 8.56. The van der Waals surface area contributed by atoms with Crippen molar-refractivity contribution in [1.29, 1.82) is 0 Å². The van der Waals surface area contributed by atoms with Crippen molar-refractivity contribution in [3.8, 4) is 11.5 Å². The molecular formula is C20H21ClN2O4. The summed E-state index contributed by atoms with van der Waals surface area (Å²) in [5, 5.41) is 10.4. The number of halogens is 1. The van der Waals surface area contributed by atoms with Crippen LogP contribution in [-0.2, 0) is 16.1 Å². The average Bonchev–Trinajstić information content (AvgIpc) is 3.04. The Labute approximate surface area is 162 Å². The first kappa shape index (κ1) is 19.0. The molecule has 0 aliphatic carbocycles. The second-order valence-corrected chi connectivity index (χ2v) is 6.98. The molecule has 2 aromatic rings. The summed E-state index contributed by atoms with van der Waals surface area (Å²) in [6.07, 6.45) is 0.125. The van der Waals surface area contributed by atoms with Gasteiger partial charge in [0, 0.05) is 37.1 Å². The summed E-state index contributed by atoms with van der Waals surface area (Å²) in [6.45, 7) is 0.538. The fraction of sp³-hybridized carbons (Fsp3) is 0.300. The highest BCUT2D eigenvalue weighted by Gasteiger charge is 2.37. The number of phenols is 1. The van der Waals surface area contributed by atoms with Crippen LogP contribution in [0.15, 0.2) is 42.5 Å². The van der Waals surface area contributed by atoms with Gasteiger partial charge in [0.25, 0.3) is 0 Å². The Morgan fingerprint density at radius 1 is 1.33 bits per heavy atom. The van der Waals surface area contributed by atoms with Crippen LogP contribution in [0, 0.1) is 5.92 Å². The van der Waals surface area contributed by atoms with Crippen LogP contribution in [0.25, 0.3) is 0 Å². The number of nitrogens with zero attached hydrogens (tertiary/aromatic N) is 2. The van der Waals surface area contributed by atoms with Gasteiger partial charge in [-0.05, 0) is 24.3 Å². The highest BCUT2D eigenvalue weighted by molar-refractivity contribution is 6.31. The van der Waals surface area contributed by atoms with E-state index in [1.54, 1.807) is 54.4 Å². The third-order valence-corrected chi connectivity index (χ3v) is 4.92. The van der Waals surface area contributed by atoms with Crippen LogP contribution >= 0.6 is 11.6 Å². The first-order chi connectivity index (χ1) is 12.9. The molecule has 2 aromatic carbocycles. The molecular weight excluding hydrogens is 368 g/mol. The highest BCUT2D eigenvalue weighted by Crippen LogP contribution is 2.35. The molecule has 1 atom stereocenters. The van der Waals surface area contributed by atoms with Crippen LogP contribution < -0.4 is 9.64 Å². The lowest BCUT2D eigenvalue weighted by Gasteiger charge is -2.22. The maximum absolute atomic E-state index is 12.8. The molecule has 1 saturated heterocycles. The highest BCUT2D eigenvalue weighted by atomic mass is 35.5. The molecule has 1 fully saturated rings. The molecule has 142 valence electrons. The Balaban J connectivity index is 1.74. The van der Waals surface area contributed by atoms with Gasteiger partial charge in [-0.15, -0.1) is 0 Å². The number of carbonyl (C=O) groups is 2. The maximum Gasteiger partial charge on any atom is 0.228 e. The van der Waals surface area contributed by atoms with Gasteiger partial charge in [0.05, 0.1) is 18.7 Å². The minimum absolute atomic E-state index is 0.125. The number of hydrogen-bond donors (Lipinski definition) is 1. The lowest BCUT2D eigenvalue weighted by Crippen LogP contribution is -2.34. The van der Waals surface area contributed by atoms with E-state index in [9.17, 15) is 14.7 Å². The maximum atomic E-state index is 12.8. The summed E-state index contributed by atoms with van der Waals surface area (Å²) in [7, 11) is 3.19. The number of methoxy groups -OCH3 is 1. The van der Waals surface area contributed by atoms with Gasteiger partial charge in [-0.25, -0.2) is 0 Å². The number of benzene rings is 2. The van der Waals surface area contributed by atoms with Gasteiger partial charge in [-0.2, -0.15) is 0 Å². The van der Waals surface area contributed by atoms with Crippen molar-refractivity contribution in [1.82, 2.24) is 4.90 Å². The predicted octanol–water partition coefficient (Wildman–Crippen LogP) is 3.07.